The zero-order valence-corrected chi connectivity index (χ0v) is 10.4. The van der Waals surface area contributed by atoms with E-state index in [2.05, 4.69) is 5.43 Å². The Morgan fingerprint density at radius 1 is 1.37 bits per heavy atom. The number of hydrazine groups is 1. The molecule has 0 amide bonds. The monoisotopic (exact) mass is 274 g/mol. The molecule has 0 saturated carbocycles. The fourth-order valence-corrected chi connectivity index (χ4v) is 2.40. The maximum atomic E-state index is 12.3. The van der Waals surface area contributed by atoms with Crippen LogP contribution in [-0.2, 0) is 11.2 Å². The molecule has 2 rings (SSSR count). The van der Waals surface area contributed by atoms with Crippen molar-refractivity contribution in [2.45, 2.75) is 37.6 Å². The molecule has 1 aromatic carbocycles. The highest BCUT2D eigenvalue weighted by molar-refractivity contribution is 5.31. The summed E-state index contributed by atoms with van der Waals surface area (Å²) in [4.78, 5) is 0. The second-order valence-electron chi connectivity index (χ2n) is 4.67. The molecule has 0 aliphatic carbocycles. The van der Waals surface area contributed by atoms with E-state index in [9.17, 15) is 13.2 Å². The molecule has 3 nitrogen and oxygen atoms in total. The standard InChI is InChI=1S/C13H17F3N2O/c14-13(15,16)7-5-11(18-17)12-10-4-2-1-3-9(10)6-8-19-12/h1-4,11-12,18H,5-8,17H2. The summed E-state index contributed by atoms with van der Waals surface area (Å²) in [6.07, 6.45) is -4.78. The molecule has 19 heavy (non-hydrogen) atoms. The Kier molecular flexibility index (Phi) is 4.44. The van der Waals surface area contributed by atoms with Crippen LogP contribution < -0.4 is 11.3 Å². The van der Waals surface area contributed by atoms with Crippen LogP contribution in [0.5, 0.6) is 0 Å². The quantitative estimate of drug-likeness (QED) is 0.655. The first-order valence-corrected chi connectivity index (χ1v) is 6.23. The molecule has 2 atom stereocenters. The maximum absolute atomic E-state index is 12.3. The molecular formula is C13H17F3N2O. The highest BCUT2D eigenvalue weighted by Gasteiger charge is 2.33. The van der Waals surface area contributed by atoms with Gasteiger partial charge in [0.1, 0.15) is 0 Å². The number of ether oxygens (including phenoxy) is 1. The van der Waals surface area contributed by atoms with Crippen LogP contribution in [0.4, 0.5) is 13.2 Å². The summed E-state index contributed by atoms with van der Waals surface area (Å²) in [6.45, 7) is 0.506. The van der Waals surface area contributed by atoms with Crippen LogP contribution in [0, 0.1) is 0 Å². The first kappa shape index (κ1) is 14.3. The van der Waals surface area contributed by atoms with Crippen molar-refractivity contribution in [1.82, 2.24) is 5.43 Å². The zero-order valence-electron chi connectivity index (χ0n) is 10.4. The molecule has 0 fully saturated rings. The van der Waals surface area contributed by atoms with Gasteiger partial charge < -0.3 is 4.74 Å². The van der Waals surface area contributed by atoms with Crippen molar-refractivity contribution >= 4 is 0 Å². The van der Waals surface area contributed by atoms with E-state index in [4.69, 9.17) is 10.6 Å². The number of nitrogens with one attached hydrogen (secondary N) is 1. The first-order valence-electron chi connectivity index (χ1n) is 6.23. The number of nitrogens with two attached hydrogens (primary N) is 1. The number of rotatable bonds is 4. The van der Waals surface area contributed by atoms with E-state index in [1.165, 1.54) is 0 Å². The SMILES string of the molecule is NNC(CCC(F)(F)F)C1OCCc2ccccc21. The minimum absolute atomic E-state index is 0.0982. The molecule has 1 aliphatic rings. The van der Waals surface area contributed by atoms with Crippen LogP contribution in [0.1, 0.15) is 30.1 Å². The highest BCUT2D eigenvalue weighted by atomic mass is 19.4. The third kappa shape index (κ3) is 3.68. The van der Waals surface area contributed by atoms with Crippen molar-refractivity contribution in [1.29, 1.82) is 0 Å². The molecule has 1 aliphatic heterocycles. The number of benzene rings is 1. The molecule has 0 aromatic heterocycles. The van der Waals surface area contributed by atoms with E-state index in [1.54, 1.807) is 0 Å². The van der Waals surface area contributed by atoms with Crippen LogP contribution in [0.25, 0.3) is 0 Å². The lowest BCUT2D eigenvalue weighted by molar-refractivity contribution is -0.139. The predicted molar refractivity (Wildman–Crippen MR) is 65.2 cm³/mol. The molecule has 1 aromatic rings. The maximum Gasteiger partial charge on any atom is 0.389 e. The van der Waals surface area contributed by atoms with Gasteiger partial charge in [-0.1, -0.05) is 24.3 Å². The Hall–Kier alpha value is -1.11. The Labute approximate surface area is 109 Å². The van der Waals surface area contributed by atoms with Crippen LogP contribution in [0.15, 0.2) is 24.3 Å². The Morgan fingerprint density at radius 3 is 2.79 bits per heavy atom. The fraction of sp³-hybridized carbons (Fsp3) is 0.538. The van der Waals surface area contributed by atoms with Crippen molar-refractivity contribution < 1.29 is 17.9 Å². The van der Waals surface area contributed by atoms with E-state index in [0.717, 1.165) is 17.5 Å². The predicted octanol–water partition coefficient (Wildman–Crippen LogP) is 2.47. The molecule has 0 bridgehead atoms. The van der Waals surface area contributed by atoms with Gasteiger partial charge in [-0.05, 0) is 24.0 Å². The van der Waals surface area contributed by atoms with Gasteiger partial charge in [0, 0.05) is 6.42 Å². The first-order chi connectivity index (χ1) is 9.01. The van der Waals surface area contributed by atoms with E-state index in [0.29, 0.717) is 6.61 Å². The lowest BCUT2D eigenvalue weighted by Gasteiger charge is -2.32. The summed E-state index contributed by atoms with van der Waals surface area (Å²) < 4.78 is 42.5. The molecule has 1 heterocycles. The summed E-state index contributed by atoms with van der Waals surface area (Å²) in [6, 6.07) is 7.10. The summed E-state index contributed by atoms with van der Waals surface area (Å²) in [5.41, 5.74) is 4.51. The van der Waals surface area contributed by atoms with Crippen molar-refractivity contribution in [3.05, 3.63) is 35.4 Å². The van der Waals surface area contributed by atoms with E-state index in [1.807, 2.05) is 24.3 Å². The van der Waals surface area contributed by atoms with Crippen molar-refractivity contribution in [2.24, 2.45) is 5.84 Å². The van der Waals surface area contributed by atoms with Gasteiger partial charge in [0.15, 0.2) is 0 Å². The molecule has 2 unspecified atom stereocenters. The van der Waals surface area contributed by atoms with Crippen molar-refractivity contribution in [3.63, 3.8) is 0 Å². The van der Waals surface area contributed by atoms with Gasteiger partial charge in [0.05, 0.1) is 18.8 Å². The van der Waals surface area contributed by atoms with Gasteiger partial charge in [-0.25, -0.2) is 0 Å². The third-order valence-corrected chi connectivity index (χ3v) is 3.35. The summed E-state index contributed by atoms with van der Waals surface area (Å²) in [5, 5.41) is 0. The fourth-order valence-electron chi connectivity index (χ4n) is 2.40. The lowest BCUT2D eigenvalue weighted by atomic mass is 9.91. The Bertz CT molecular complexity index is 423. The minimum atomic E-state index is -4.18. The van der Waals surface area contributed by atoms with Gasteiger partial charge in [-0.15, -0.1) is 0 Å². The van der Waals surface area contributed by atoms with Crippen LogP contribution in [-0.4, -0.2) is 18.8 Å². The molecule has 106 valence electrons. The van der Waals surface area contributed by atoms with Gasteiger partial charge in [0.25, 0.3) is 0 Å². The Balaban J connectivity index is 2.11. The average Bonchev–Trinajstić information content (AvgIpc) is 2.38. The number of fused-ring (bicyclic) bond motifs is 1. The molecule has 0 saturated heterocycles. The van der Waals surface area contributed by atoms with E-state index < -0.39 is 24.7 Å². The van der Waals surface area contributed by atoms with Gasteiger partial charge in [-0.3, -0.25) is 11.3 Å². The van der Waals surface area contributed by atoms with Gasteiger partial charge >= 0.3 is 6.18 Å². The van der Waals surface area contributed by atoms with Gasteiger partial charge in [-0.2, -0.15) is 13.2 Å². The number of alkyl halides is 3. The van der Waals surface area contributed by atoms with Crippen molar-refractivity contribution in [2.75, 3.05) is 6.61 Å². The van der Waals surface area contributed by atoms with E-state index >= 15 is 0 Å². The van der Waals surface area contributed by atoms with Gasteiger partial charge in [0.2, 0.25) is 0 Å². The minimum Gasteiger partial charge on any atom is -0.371 e. The number of hydrogen-bond acceptors (Lipinski definition) is 3. The number of hydrogen-bond donors (Lipinski definition) is 2. The molecular weight excluding hydrogens is 257 g/mol. The topological polar surface area (TPSA) is 47.3 Å². The molecule has 3 N–H and O–H groups in total. The van der Waals surface area contributed by atoms with E-state index in [-0.39, 0.29) is 6.42 Å². The van der Waals surface area contributed by atoms with Crippen molar-refractivity contribution in [3.8, 4) is 0 Å². The summed E-state index contributed by atoms with van der Waals surface area (Å²) in [5.74, 6) is 5.39. The zero-order chi connectivity index (χ0) is 13.9. The number of halogens is 3. The lowest BCUT2D eigenvalue weighted by Crippen LogP contribution is -2.43. The summed E-state index contributed by atoms with van der Waals surface area (Å²) in [7, 11) is 0. The normalized spacial score (nSPS) is 20.9. The second-order valence-corrected chi connectivity index (χ2v) is 4.67. The third-order valence-electron chi connectivity index (χ3n) is 3.35. The Morgan fingerprint density at radius 2 is 2.11 bits per heavy atom. The average molecular weight is 274 g/mol. The molecule has 6 heteroatoms. The smallest absolute Gasteiger partial charge is 0.371 e. The largest absolute Gasteiger partial charge is 0.389 e. The summed E-state index contributed by atoms with van der Waals surface area (Å²) >= 11 is 0. The van der Waals surface area contributed by atoms with Crippen LogP contribution in [0.2, 0.25) is 0 Å². The van der Waals surface area contributed by atoms with Crippen LogP contribution >= 0.6 is 0 Å². The molecule has 0 spiro atoms. The molecule has 0 radical (unpaired) electrons. The highest BCUT2D eigenvalue weighted by Crippen LogP contribution is 2.33. The van der Waals surface area contributed by atoms with Crippen LogP contribution in [0.3, 0.4) is 0 Å². The second kappa shape index (κ2) is 5.90.